The zero-order valence-corrected chi connectivity index (χ0v) is 12.1. The van der Waals surface area contributed by atoms with E-state index in [9.17, 15) is 0 Å². The van der Waals surface area contributed by atoms with Crippen LogP contribution >= 0.6 is 0 Å². The molecule has 1 aliphatic carbocycles. The average molecular weight is 246 g/mol. The first-order chi connectivity index (χ1) is 8.04. The van der Waals surface area contributed by atoms with E-state index in [4.69, 9.17) is 4.74 Å². The fraction of sp³-hybridized carbons (Fsp3) is 0.600. The average Bonchev–Trinajstić information content (AvgIpc) is 3.04. The molecule has 1 aromatic carbocycles. The fourth-order valence-corrected chi connectivity index (χ4v) is 5.84. The van der Waals surface area contributed by atoms with E-state index in [0.717, 1.165) is 5.54 Å². The molecular weight excluding hydrogens is 224 g/mol. The van der Waals surface area contributed by atoms with Crippen molar-refractivity contribution >= 4 is 8.07 Å². The predicted molar refractivity (Wildman–Crippen MR) is 73.9 cm³/mol. The van der Waals surface area contributed by atoms with Crippen molar-refractivity contribution in [2.24, 2.45) is 0 Å². The SMILES string of the molecule is C[Si](C)(C)C1CCCC2(c3ccccc3)OC12. The molecule has 3 rings (SSSR count). The molecule has 3 unspecified atom stereocenters. The number of hydrogen-bond donors (Lipinski definition) is 0. The molecule has 17 heavy (non-hydrogen) atoms. The molecule has 3 atom stereocenters. The molecule has 2 heteroatoms. The standard InChI is InChI=1S/C15H22OSi/c1-17(2,3)13-10-7-11-15(14(13)16-15)12-8-5-4-6-9-12/h4-6,8-9,13-14H,7,10-11H2,1-3H3. The van der Waals surface area contributed by atoms with Gasteiger partial charge in [0.15, 0.2) is 0 Å². The normalized spacial score (nSPS) is 36.4. The van der Waals surface area contributed by atoms with Gasteiger partial charge in [0, 0.05) is 0 Å². The van der Waals surface area contributed by atoms with Gasteiger partial charge in [-0.15, -0.1) is 0 Å². The van der Waals surface area contributed by atoms with Crippen molar-refractivity contribution in [3.05, 3.63) is 35.9 Å². The summed E-state index contributed by atoms with van der Waals surface area (Å²) in [4.78, 5) is 0. The molecule has 1 saturated heterocycles. The molecule has 0 N–H and O–H groups in total. The first-order valence-corrected chi connectivity index (χ1v) is 10.4. The predicted octanol–water partition coefficient (Wildman–Crippen LogP) is 4.17. The highest BCUT2D eigenvalue weighted by molar-refractivity contribution is 6.77. The molecule has 2 aliphatic rings. The molecular formula is C15H22OSi. The molecule has 1 heterocycles. The van der Waals surface area contributed by atoms with E-state index in [1.807, 2.05) is 0 Å². The van der Waals surface area contributed by atoms with E-state index in [0.29, 0.717) is 6.10 Å². The maximum absolute atomic E-state index is 6.23. The number of epoxide rings is 1. The van der Waals surface area contributed by atoms with Crippen LogP contribution < -0.4 is 0 Å². The minimum atomic E-state index is -1.08. The molecule has 1 aliphatic heterocycles. The van der Waals surface area contributed by atoms with Crippen LogP contribution in [0.2, 0.25) is 25.2 Å². The summed E-state index contributed by atoms with van der Waals surface area (Å²) in [6.07, 6.45) is 4.46. The summed E-state index contributed by atoms with van der Waals surface area (Å²) in [6.45, 7) is 7.46. The number of hydrogen-bond acceptors (Lipinski definition) is 1. The van der Waals surface area contributed by atoms with Gasteiger partial charge in [0.25, 0.3) is 0 Å². The molecule has 1 aromatic rings. The Bertz CT molecular complexity index is 409. The number of fused-ring (bicyclic) bond motifs is 1. The Morgan fingerprint density at radius 1 is 1.18 bits per heavy atom. The molecule has 1 saturated carbocycles. The summed E-state index contributed by atoms with van der Waals surface area (Å²) >= 11 is 0. The highest BCUT2D eigenvalue weighted by atomic mass is 28.3. The molecule has 0 aromatic heterocycles. The third kappa shape index (κ3) is 1.78. The first kappa shape index (κ1) is 11.5. The quantitative estimate of drug-likeness (QED) is 0.563. The maximum atomic E-state index is 6.23. The van der Waals surface area contributed by atoms with Gasteiger partial charge in [-0.3, -0.25) is 0 Å². The zero-order chi connectivity index (χ0) is 12.1. The Balaban J connectivity index is 1.89. The highest BCUT2D eigenvalue weighted by Crippen LogP contribution is 2.61. The van der Waals surface area contributed by atoms with Crippen LogP contribution in [0.5, 0.6) is 0 Å². The van der Waals surface area contributed by atoms with Gasteiger partial charge in [0.2, 0.25) is 0 Å². The van der Waals surface area contributed by atoms with Crippen molar-refractivity contribution in [2.45, 2.75) is 56.1 Å². The topological polar surface area (TPSA) is 12.5 Å². The minimum absolute atomic E-state index is 0.102. The van der Waals surface area contributed by atoms with Gasteiger partial charge in [0.05, 0.1) is 14.2 Å². The molecule has 0 bridgehead atoms. The molecule has 2 fully saturated rings. The van der Waals surface area contributed by atoms with Crippen LogP contribution in [0.15, 0.2) is 30.3 Å². The fourth-order valence-electron chi connectivity index (χ4n) is 3.52. The van der Waals surface area contributed by atoms with Crippen LogP contribution in [-0.2, 0) is 10.3 Å². The molecule has 0 spiro atoms. The monoisotopic (exact) mass is 246 g/mol. The van der Waals surface area contributed by atoms with Crippen LogP contribution in [-0.4, -0.2) is 14.2 Å². The van der Waals surface area contributed by atoms with Crippen molar-refractivity contribution in [3.8, 4) is 0 Å². The highest BCUT2D eigenvalue weighted by Gasteiger charge is 2.64. The van der Waals surface area contributed by atoms with E-state index in [1.54, 1.807) is 0 Å². The minimum Gasteiger partial charge on any atom is -0.361 e. The first-order valence-electron chi connectivity index (χ1n) is 6.77. The van der Waals surface area contributed by atoms with E-state index >= 15 is 0 Å². The van der Waals surface area contributed by atoms with Gasteiger partial charge in [-0.2, -0.15) is 0 Å². The van der Waals surface area contributed by atoms with Crippen molar-refractivity contribution in [1.82, 2.24) is 0 Å². The van der Waals surface area contributed by atoms with Gasteiger partial charge < -0.3 is 4.74 Å². The molecule has 0 amide bonds. The van der Waals surface area contributed by atoms with Gasteiger partial charge in [-0.05, 0) is 17.5 Å². The Morgan fingerprint density at radius 2 is 1.88 bits per heavy atom. The van der Waals surface area contributed by atoms with Gasteiger partial charge in [0.1, 0.15) is 5.60 Å². The summed E-state index contributed by atoms with van der Waals surface area (Å²) in [5.41, 5.74) is 2.36. The van der Waals surface area contributed by atoms with Crippen LogP contribution in [0.25, 0.3) is 0 Å². The number of benzene rings is 1. The van der Waals surface area contributed by atoms with Crippen LogP contribution in [0.4, 0.5) is 0 Å². The lowest BCUT2D eigenvalue weighted by Gasteiger charge is -2.32. The second kappa shape index (κ2) is 3.69. The van der Waals surface area contributed by atoms with Gasteiger partial charge in [-0.1, -0.05) is 62.8 Å². The lowest BCUT2D eigenvalue weighted by Crippen LogP contribution is -2.36. The third-order valence-electron chi connectivity index (χ3n) is 4.54. The van der Waals surface area contributed by atoms with Gasteiger partial charge in [-0.25, -0.2) is 0 Å². The lowest BCUT2D eigenvalue weighted by molar-refractivity contribution is 0.289. The summed E-state index contributed by atoms with van der Waals surface area (Å²) in [5.74, 6) is 0. The Hall–Kier alpha value is -0.603. The Kier molecular flexibility index (Phi) is 2.49. The van der Waals surface area contributed by atoms with Gasteiger partial charge >= 0.3 is 0 Å². The van der Waals surface area contributed by atoms with Crippen molar-refractivity contribution in [3.63, 3.8) is 0 Å². The summed E-state index contributed by atoms with van der Waals surface area (Å²) < 4.78 is 6.23. The van der Waals surface area contributed by atoms with Crippen LogP contribution in [0.1, 0.15) is 24.8 Å². The van der Waals surface area contributed by atoms with E-state index < -0.39 is 8.07 Å². The van der Waals surface area contributed by atoms with Crippen molar-refractivity contribution < 1.29 is 4.74 Å². The number of rotatable bonds is 2. The summed E-state index contributed by atoms with van der Waals surface area (Å²) in [6, 6.07) is 10.9. The van der Waals surface area contributed by atoms with E-state index in [-0.39, 0.29) is 5.60 Å². The second-order valence-corrected chi connectivity index (χ2v) is 12.1. The maximum Gasteiger partial charge on any atom is 0.120 e. The van der Waals surface area contributed by atoms with Crippen LogP contribution in [0.3, 0.4) is 0 Å². The molecule has 1 nitrogen and oxygen atoms in total. The number of ether oxygens (including phenoxy) is 1. The lowest BCUT2D eigenvalue weighted by atomic mass is 9.83. The summed E-state index contributed by atoms with van der Waals surface area (Å²) in [7, 11) is -1.08. The van der Waals surface area contributed by atoms with Crippen molar-refractivity contribution in [2.75, 3.05) is 0 Å². The second-order valence-electron chi connectivity index (χ2n) is 6.66. The smallest absolute Gasteiger partial charge is 0.120 e. The largest absolute Gasteiger partial charge is 0.361 e. The Labute approximate surface area is 105 Å². The van der Waals surface area contributed by atoms with E-state index in [2.05, 4.69) is 50.0 Å². The zero-order valence-electron chi connectivity index (χ0n) is 11.1. The van der Waals surface area contributed by atoms with E-state index in [1.165, 1.54) is 24.8 Å². The van der Waals surface area contributed by atoms with Crippen LogP contribution in [0, 0.1) is 0 Å². The summed E-state index contributed by atoms with van der Waals surface area (Å²) in [5, 5.41) is 0. The third-order valence-corrected chi connectivity index (χ3v) is 7.36. The van der Waals surface area contributed by atoms with Crippen molar-refractivity contribution in [1.29, 1.82) is 0 Å². The molecule has 92 valence electrons. The molecule has 0 radical (unpaired) electrons. The Morgan fingerprint density at radius 3 is 2.53 bits per heavy atom.